The summed E-state index contributed by atoms with van der Waals surface area (Å²) in [4.78, 5) is 18.9. The Balaban J connectivity index is 2.11. The molecule has 0 N–H and O–H groups in total. The predicted octanol–water partition coefficient (Wildman–Crippen LogP) is 2.09. The van der Waals surface area contributed by atoms with Gasteiger partial charge in [0, 0.05) is 43.4 Å². The highest BCUT2D eigenvalue weighted by molar-refractivity contribution is 5.79. The molecule has 0 fully saturated rings. The fourth-order valence-corrected chi connectivity index (χ4v) is 2.74. The molecule has 1 unspecified atom stereocenters. The number of hydrogen-bond donors (Lipinski definition) is 0. The normalized spacial score (nSPS) is 19.4. The summed E-state index contributed by atoms with van der Waals surface area (Å²) in [6.07, 6.45) is 5.52. The van der Waals surface area contributed by atoms with Gasteiger partial charge in [0.2, 0.25) is 5.91 Å². The van der Waals surface area contributed by atoms with Crippen LogP contribution < -0.4 is 0 Å². The first-order valence-corrected chi connectivity index (χ1v) is 6.75. The molecule has 100 valence electrons. The first kappa shape index (κ1) is 13.1. The summed E-state index contributed by atoms with van der Waals surface area (Å²) in [6, 6.07) is 0. The van der Waals surface area contributed by atoms with E-state index in [1.54, 1.807) is 0 Å². The van der Waals surface area contributed by atoms with Crippen molar-refractivity contribution in [3.8, 4) is 0 Å². The Kier molecular flexibility index (Phi) is 3.46. The summed E-state index contributed by atoms with van der Waals surface area (Å²) in [5.41, 5.74) is -0.0985. The summed E-state index contributed by atoms with van der Waals surface area (Å²) in [7, 11) is 0. The number of carbonyl (C=O) groups excluding carboxylic acids is 1. The van der Waals surface area contributed by atoms with Gasteiger partial charge in [-0.3, -0.25) is 4.79 Å². The number of imidazole rings is 1. The van der Waals surface area contributed by atoms with Crippen molar-refractivity contribution in [2.75, 3.05) is 6.54 Å². The second kappa shape index (κ2) is 4.75. The largest absolute Gasteiger partial charge is 0.338 e. The first-order chi connectivity index (χ1) is 8.43. The van der Waals surface area contributed by atoms with Gasteiger partial charge in [-0.1, -0.05) is 0 Å². The van der Waals surface area contributed by atoms with E-state index < -0.39 is 0 Å². The number of aryl methyl sites for hydroxylation is 1. The summed E-state index contributed by atoms with van der Waals surface area (Å²) in [6.45, 7) is 10.0. The molecule has 1 atom stereocenters. The minimum atomic E-state index is -0.0985. The maximum absolute atomic E-state index is 12.6. The summed E-state index contributed by atoms with van der Waals surface area (Å²) >= 11 is 0. The Morgan fingerprint density at radius 3 is 2.89 bits per heavy atom. The van der Waals surface area contributed by atoms with Crippen LogP contribution in [0.2, 0.25) is 0 Å². The van der Waals surface area contributed by atoms with Crippen molar-refractivity contribution in [3.05, 3.63) is 18.2 Å². The van der Waals surface area contributed by atoms with Gasteiger partial charge >= 0.3 is 0 Å². The average Bonchev–Trinajstić information content (AvgIpc) is 2.74. The molecule has 1 aromatic heterocycles. The van der Waals surface area contributed by atoms with Crippen LogP contribution in [0.3, 0.4) is 0 Å². The first-order valence-electron chi connectivity index (χ1n) is 6.75. The van der Waals surface area contributed by atoms with Gasteiger partial charge < -0.3 is 9.47 Å². The van der Waals surface area contributed by atoms with Crippen molar-refractivity contribution >= 4 is 5.91 Å². The molecule has 0 radical (unpaired) electrons. The summed E-state index contributed by atoms with van der Waals surface area (Å²) in [5.74, 6) is 1.42. The third-order valence-electron chi connectivity index (χ3n) is 3.69. The number of carbonyl (C=O) groups is 1. The van der Waals surface area contributed by atoms with Gasteiger partial charge in [-0.05, 0) is 34.1 Å². The molecule has 0 saturated carbocycles. The molecule has 1 aliphatic heterocycles. The molecule has 4 heteroatoms. The molecule has 1 aliphatic rings. The predicted molar refractivity (Wildman–Crippen MR) is 71.2 cm³/mol. The van der Waals surface area contributed by atoms with Gasteiger partial charge in [0.15, 0.2) is 0 Å². The molecule has 2 rings (SSSR count). The lowest BCUT2D eigenvalue weighted by molar-refractivity contribution is -0.140. The van der Waals surface area contributed by atoms with E-state index in [0.29, 0.717) is 0 Å². The van der Waals surface area contributed by atoms with Crippen molar-refractivity contribution in [1.29, 1.82) is 0 Å². The van der Waals surface area contributed by atoms with Gasteiger partial charge in [0.1, 0.15) is 5.82 Å². The van der Waals surface area contributed by atoms with Crippen LogP contribution in [0.1, 0.15) is 39.9 Å². The Labute approximate surface area is 109 Å². The van der Waals surface area contributed by atoms with E-state index in [4.69, 9.17) is 0 Å². The van der Waals surface area contributed by atoms with Crippen molar-refractivity contribution in [2.24, 2.45) is 5.92 Å². The third kappa shape index (κ3) is 2.42. The Hall–Kier alpha value is -1.32. The SMILES string of the molecule is CCN(C(=O)C1CCn2ccnc2C1)C(C)(C)C. The molecule has 0 spiro atoms. The molecule has 18 heavy (non-hydrogen) atoms. The van der Waals surface area contributed by atoms with Crippen LogP contribution in [0, 0.1) is 5.92 Å². The van der Waals surface area contributed by atoms with E-state index in [1.807, 2.05) is 24.2 Å². The fraction of sp³-hybridized carbons (Fsp3) is 0.714. The maximum Gasteiger partial charge on any atom is 0.226 e. The number of fused-ring (bicyclic) bond motifs is 1. The fourth-order valence-electron chi connectivity index (χ4n) is 2.74. The maximum atomic E-state index is 12.6. The Morgan fingerprint density at radius 1 is 1.56 bits per heavy atom. The molecule has 2 heterocycles. The molecule has 0 saturated heterocycles. The molecule has 1 aromatic rings. The number of hydrogen-bond acceptors (Lipinski definition) is 2. The molecule has 4 nitrogen and oxygen atoms in total. The highest BCUT2D eigenvalue weighted by Crippen LogP contribution is 2.24. The van der Waals surface area contributed by atoms with Crippen molar-refractivity contribution in [2.45, 2.75) is 52.6 Å². The van der Waals surface area contributed by atoms with Crippen LogP contribution in [0.4, 0.5) is 0 Å². The van der Waals surface area contributed by atoms with E-state index >= 15 is 0 Å². The second-order valence-electron chi connectivity index (χ2n) is 5.98. The highest BCUT2D eigenvalue weighted by atomic mass is 16.2. The zero-order chi connectivity index (χ0) is 13.3. The zero-order valence-electron chi connectivity index (χ0n) is 11.8. The lowest BCUT2D eigenvalue weighted by Crippen LogP contribution is -2.49. The molecule has 1 amide bonds. The molecule has 0 aliphatic carbocycles. The van der Waals surface area contributed by atoms with Gasteiger partial charge in [-0.15, -0.1) is 0 Å². The second-order valence-corrected chi connectivity index (χ2v) is 5.98. The minimum absolute atomic E-state index is 0.0964. The van der Waals surface area contributed by atoms with Crippen LogP contribution in [-0.2, 0) is 17.8 Å². The van der Waals surface area contributed by atoms with Crippen molar-refractivity contribution in [1.82, 2.24) is 14.5 Å². The van der Waals surface area contributed by atoms with Gasteiger partial charge in [0.05, 0.1) is 0 Å². The average molecular weight is 249 g/mol. The standard InChI is InChI=1S/C14H23N3O/c1-5-17(14(2,3)4)13(18)11-6-8-16-9-7-15-12(16)10-11/h7,9,11H,5-6,8,10H2,1-4H3. The van der Waals surface area contributed by atoms with Crippen molar-refractivity contribution in [3.63, 3.8) is 0 Å². The van der Waals surface area contributed by atoms with Crippen LogP contribution in [0.25, 0.3) is 0 Å². The molecule has 0 aromatic carbocycles. The monoisotopic (exact) mass is 249 g/mol. The number of rotatable bonds is 2. The topological polar surface area (TPSA) is 38.1 Å². The Morgan fingerprint density at radius 2 is 2.28 bits per heavy atom. The highest BCUT2D eigenvalue weighted by Gasteiger charge is 2.33. The van der Waals surface area contributed by atoms with Crippen LogP contribution in [0.15, 0.2) is 12.4 Å². The minimum Gasteiger partial charge on any atom is -0.338 e. The van der Waals surface area contributed by atoms with Gasteiger partial charge in [0.25, 0.3) is 0 Å². The number of nitrogens with zero attached hydrogens (tertiary/aromatic N) is 3. The van der Waals surface area contributed by atoms with Crippen LogP contribution in [0.5, 0.6) is 0 Å². The van der Waals surface area contributed by atoms with E-state index in [1.165, 1.54) is 0 Å². The number of amides is 1. The quantitative estimate of drug-likeness (QED) is 0.805. The lowest BCUT2D eigenvalue weighted by atomic mass is 9.93. The third-order valence-corrected chi connectivity index (χ3v) is 3.69. The van der Waals surface area contributed by atoms with Crippen molar-refractivity contribution < 1.29 is 4.79 Å². The van der Waals surface area contributed by atoms with E-state index in [-0.39, 0.29) is 17.4 Å². The summed E-state index contributed by atoms with van der Waals surface area (Å²) in [5, 5.41) is 0. The van der Waals surface area contributed by atoms with Gasteiger partial charge in [-0.2, -0.15) is 0 Å². The lowest BCUT2D eigenvalue weighted by Gasteiger charge is -2.38. The molecular weight excluding hydrogens is 226 g/mol. The number of aromatic nitrogens is 2. The molecular formula is C14H23N3O. The van der Waals surface area contributed by atoms with Crippen LogP contribution >= 0.6 is 0 Å². The zero-order valence-corrected chi connectivity index (χ0v) is 11.8. The Bertz CT molecular complexity index is 430. The molecule has 0 bridgehead atoms. The van der Waals surface area contributed by atoms with Gasteiger partial charge in [-0.25, -0.2) is 4.98 Å². The summed E-state index contributed by atoms with van der Waals surface area (Å²) < 4.78 is 2.15. The smallest absolute Gasteiger partial charge is 0.226 e. The van der Waals surface area contributed by atoms with E-state index in [2.05, 4.69) is 30.3 Å². The van der Waals surface area contributed by atoms with E-state index in [9.17, 15) is 4.79 Å². The van der Waals surface area contributed by atoms with Crippen LogP contribution in [-0.4, -0.2) is 32.4 Å². The van der Waals surface area contributed by atoms with E-state index in [0.717, 1.165) is 31.8 Å².